The van der Waals surface area contributed by atoms with Gasteiger partial charge in [-0.25, -0.2) is 0 Å². The molecule has 1 saturated heterocycles. The van der Waals surface area contributed by atoms with E-state index in [2.05, 4.69) is 61.5 Å². The van der Waals surface area contributed by atoms with E-state index in [0.29, 0.717) is 0 Å². The van der Waals surface area contributed by atoms with Crippen LogP contribution in [0.1, 0.15) is 30.9 Å². The number of unbranched alkanes of at least 4 members (excludes halogenated alkanes) is 1. The van der Waals surface area contributed by atoms with Crippen molar-refractivity contribution in [3.8, 4) is 5.75 Å². The molecular weight excluding hydrogens is 320 g/mol. The van der Waals surface area contributed by atoms with Crippen molar-refractivity contribution in [3.63, 3.8) is 0 Å². The quantitative estimate of drug-likeness (QED) is 0.649. The summed E-state index contributed by atoms with van der Waals surface area (Å²) in [6, 6.07) is 19.1. The maximum atomic E-state index is 6.12. The Bertz CT molecular complexity index is 636. The Kier molecular flexibility index (Phi) is 7.53. The molecule has 0 spiro atoms. The molecule has 0 atom stereocenters. The predicted molar refractivity (Wildman–Crippen MR) is 107 cm³/mol. The maximum absolute atomic E-state index is 6.12. The predicted octanol–water partition coefficient (Wildman–Crippen LogP) is 1.24. The second-order valence-corrected chi connectivity index (χ2v) is 7.43. The van der Waals surface area contributed by atoms with Crippen LogP contribution in [0.3, 0.4) is 0 Å². The number of para-hydroxylation sites is 1. The Balaban J connectivity index is 1.39. The summed E-state index contributed by atoms with van der Waals surface area (Å²) in [7, 11) is 0. The van der Waals surface area contributed by atoms with Crippen LogP contribution >= 0.6 is 0 Å². The summed E-state index contributed by atoms with van der Waals surface area (Å²) >= 11 is 0. The van der Waals surface area contributed by atoms with Crippen LogP contribution < -0.4 is 14.5 Å². The summed E-state index contributed by atoms with van der Waals surface area (Å²) < 4.78 is 6.12. The molecule has 0 aromatic heterocycles. The van der Waals surface area contributed by atoms with Gasteiger partial charge in [0.25, 0.3) is 0 Å². The third kappa shape index (κ3) is 5.86. The minimum Gasteiger partial charge on any atom is -0.493 e. The second kappa shape index (κ2) is 10.3. The lowest BCUT2D eigenvalue weighted by Gasteiger charge is -2.28. The number of ether oxygens (including phenoxy) is 1. The Labute approximate surface area is 158 Å². The summed E-state index contributed by atoms with van der Waals surface area (Å²) in [5.41, 5.74) is 2.61. The standard InChI is InChI=1S/C23H32N2O/c1-2-24-15-17-25(18-16-24)14-8-9-19-26-23-13-7-6-12-22(23)20-21-10-4-3-5-11-21/h3-7,10-13H,2,8-9,14-20H2,1H3/p+2. The van der Waals surface area contributed by atoms with Gasteiger partial charge in [0.1, 0.15) is 31.9 Å². The molecule has 0 saturated carbocycles. The molecule has 0 unspecified atom stereocenters. The molecule has 0 bridgehead atoms. The van der Waals surface area contributed by atoms with Crippen molar-refractivity contribution in [2.24, 2.45) is 0 Å². The first kappa shape index (κ1) is 18.9. The molecule has 3 nitrogen and oxygen atoms in total. The van der Waals surface area contributed by atoms with Gasteiger partial charge < -0.3 is 14.5 Å². The van der Waals surface area contributed by atoms with Gasteiger partial charge in [-0.05, 0) is 37.0 Å². The molecule has 3 heteroatoms. The second-order valence-electron chi connectivity index (χ2n) is 7.43. The van der Waals surface area contributed by atoms with Crippen LogP contribution in [0.15, 0.2) is 54.6 Å². The Morgan fingerprint density at radius 1 is 0.808 bits per heavy atom. The zero-order valence-electron chi connectivity index (χ0n) is 16.2. The van der Waals surface area contributed by atoms with Gasteiger partial charge in [0.2, 0.25) is 0 Å². The number of piperazine rings is 1. The highest BCUT2D eigenvalue weighted by molar-refractivity contribution is 5.37. The third-order valence-corrected chi connectivity index (χ3v) is 5.56. The SMILES string of the molecule is CC[NH+]1CC[NH+](CCCCOc2ccccc2Cc2ccccc2)CC1. The highest BCUT2D eigenvalue weighted by atomic mass is 16.5. The van der Waals surface area contributed by atoms with E-state index in [9.17, 15) is 0 Å². The Hall–Kier alpha value is -1.84. The van der Waals surface area contributed by atoms with E-state index in [-0.39, 0.29) is 0 Å². The molecule has 26 heavy (non-hydrogen) atoms. The van der Waals surface area contributed by atoms with E-state index in [1.165, 1.54) is 56.8 Å². The van der Waals surface area contributed by atoms with Gasteiger partial charge in [-0.15, -0.1) is 0 Å². The molecule has 1 aliphatic rings. The van der Waals surface area contributed by atoms with Crippen LogP contribution in [0.2, 0.25) is 0 Å². The largest absolute Gasteiger partial charge is 0.493 e. The van der Waals surface area contributed by atoms with Crippen molar-refractivity contribution in [2.75, 3.05) is 45.9 Å². The first-order valence-corrected chi connectivity index (χ1v) is 10.3. The van der Waals surface area contributed by atoms with Crippen molar-refractivity contribution in [1.82, 2.24) is 0 Å². The molecule has 3 rings (SSSR count). The van der Waals surface area contributed by atoms with Crippen molar-refractivity contribution in [2.45, 2.75) is 26.2 Å². The van der Waals surface area contributed by atoms with E-state index in [1.54, 1.807) is 9.80 Å². The van der Waals surface area contributed by atoms with Gasteiger partial charge in [-0.1, -0.05) is 48.5 Å². The van der Waals surface area contributed by atoms with Gasteiger partial charge >= 0.3 is 0 Å². The Morgan fingerprint density at radius 3 is 2.27 bits per heavy atom. The number of rotatable bonds is 9. The average molecular weight is 355 g/mol. The molecular formula is C23H34N2O+2. The smallest absolute Gasteiger partial charge is 0.127 e. The van der Waals surface area contributed by atoms with E-state index in [1.807, 2.05) is 0 Å². The summed E-state index contributed by atoms with van der Waals surface area (Å²) in [6.07, 6.45) is 3.34. The highest BCUT2D eigenvalue weighted by Gasteiger charge is 2.20. The summed E-state index contributed by atoms with van der Waals surface area (Å²) in [6.45, 7) is 11.1. The maximum Gasteiger partial charge on any atom is 0.127 e. The molecule has 2 aromatic carbocycles. The van der Waals surface area contributed by atoms with Crippen LogP contribution in [-0.2, 0) is 6.42 Å². The van der Waals surface area contributed by atoms with E-state index in [0.717, 1.165) is 25.2 Å². The number of hydrogen-bond donors (Lipinski definition) is 2. The third-order valence-electron chi connectivity index (χ3n) is 5.56. The lowest BCUT2D eigenvalue weighted by Crippen LogP contribution is -3.28. The van der Waals surface area contributed by atoms with Gasteiger partial charge in [0.05, 0.1) is 19.7 Å². The fourth-order valence-electron chi connectivity index (χ4n) is 3.83. The average Bonchev–Trinajstić information content (AvgIpc) is 2.70. The van der Waals surface area contributed by atoms with E-state index >= 15 is 0 Å². The molecule has 1 fully saturated rings. The van der Waals surface area contributed by atoms with Gasteiger partial charge in [0.15, 0.2) is 0 Å². The molecule has 1 heterocycles. The zero-order chi connectivity index (χ0) is 18.0. The summed E-state index contributed by atoms with van der Waals surface area (Å²) in [4.78, 5) is 3.55. The lowest BCUT2D eigenvalue weighted by atomic mass is 10.0. The Morgan fingerprint density at radius 2 is 1.50 bits per heavy atom. The number of nitrogens with one attached hydrogen (secondary N) is 2. The van der Waals surface area contributed by atoms with Crippen LogP contribution in [0, 0.1) is 0 Å². The first-order valence-electron chi connectivity index (χ1n) is 10.3. The number of likely N-dealkylation sites (N-methyl/N-ethyl adjacent to an activating group) is 1. The van der Waals surface area contributed by atoms with E-state index in [4.69, 9.17) is 4.74 Å². The first-order chi connectivity index (χ1) is 12.8. The molecule has 0 amide bonds. The van der Waals surface area contributed by atoms with Crippen molar-refractivity contribution in [1.29, 1.82) is 0 Å². The monoisotopic (exact) mass is 354 g/mol. The van der Waals surface area contributed by atoms with Crippen molar-refractivity contribution < 1.29 is 14.5 Å². The molecule has 2 N–H and O–H groups in total. The number of benzene rings is 2. The summed E-state index contributed by atoms with van der Waals surface area (Å²) in [5, 5.41) is 0. The molecule has 0 radical (unpaired) electrons. The lowest BCUT2D eigenvalue weighted by molar-refractivity contribution is -1.01. The molecule has 1 aliphatic heterocycles. The van der Waals surface area contributed by atoms with Gasteiger partial charge in [-0.2, -0.15) is 0 Å². The minimum absolute atomic E-state index is 0.825. The summed E-state index contributed by atoms with van der Waals surface area (Å²) in [5.74, 6) is 1.05. The molecule has 2 aromatic rings. The van der Waals surface area contributed by atoms with Crippen LogP contribution in [-0.4, -0.2) is 45.9 Å². The fraction of sp³-hybridized carbons (Fsp3) is 0.478. The number of hydrogen-bond acceptors (Lipinski definition) is 1. The van der Waals surface area contributed by atoms with Crippen molar-refractivity contribution in [3.05, 3.63) is 65.7 Å². The normalized spacial score (nSPS) is 20.0. The van der Waals surface area contributed by atoms with E-state index < -0.39 is 0 Å². The fourth-order valence-corrected chi connectivity index (χ4v) is 3.83. The van der Waals surface area contributed by atoms with Crippen LogP contribution in [0.5, 0.6) is 5.75 Å². The number of quaternary nitrogens is 2. The topological polar surface area (TPSA) is 18.1 Å². The zero-order valence-corrected chi connectivity index (χ0v) is 16.2. The van der Waals surface area contributed by atoms with Crippen molar-refractivity contribution >= 4 is 0 Å². The van der Waals surface area contributed by atoms with Gasteiger partial charge in [0, 0.05) is 6.42 Å². The molecule has 0 aliphatic carbocycles. The van der Waals surface area contributed by atoms with Gasteiger partial charge in [-0.3, -0.25) is 0 Å². The molecule has 140 valence electrons. The van der Waals surface area contributed by atoms with Crippen LogP contribution in [0.25, 0.3) is 0 Å². The minimum atomic E-state index is 0.825. The highest BCUT2D eigenvalue weighted by Crippen LogP contribution is 2.21. The van der Waals surface area contributed by atoms with Crippen LogP contribution in [0.4, 0.5) is 0 Å².